The number of hydrogen-bond acceptors (Lipinski definition) is 4. The molecule has 5 heteroatoms. The van der Waals surface area contributed by atoms with Gasteiger partial charge in [0, 0.05) is 7.05 Å². The minimum atomic E-state index is -0.444. The Bertz CT molecular complexity index is 351. The van der Waals surface area contributed by atoms with E-state index in [2.05, 4.69) is 15.5 Å². The van der Waals surface area contributed by atoms with E-state index in [1.165, 1.54) is 0 Å². The lowest BCUT2D eigenvalue weighted by atomic mass is 9.94. The maximum absolute atomic E-state index is 12.1. The molecule has 0 saturated carbocycles. The minimum absolute atomic E-state index is 0.0370. The van der Waals surface area contributed by atoms with Gasteiger partial charge in [-0.15, -0.1) is 10.2 Å². The molecule has 14 heavy (non-hydrogen) atoms. The normalized spacial score (nSPS) is 26.7. The quantitative estimate of drug-likeness (QED) is 0.680. The number of carbonyl (C=O) groups is 1. The summed E-state index contributed by atoms with van der Waals surface area (Å²) in [7, 11) is 1.78. The van der Waals surface area contributed by atoms with Gasteiger partial charge in [-0.1, -0.05) is 0 Å². The fourth-order valence-corrected chi connectivity index (χ4v) is 1.82. The molecule has 5 nitrogen and oxygen atoms in total. The minimum Gasteiger partial charge on any atom is -0.314 e. The zero-order valence-corrected chi connectivity index (χ0v) is 8.45. The zero-order chi connectivity index (χ0) is 10.2. The van der Waals surface area contributed by atoms with Crippen LogP contribution in [0.15, 0.2) is 6.33 Å². The Kier molecular flexibility index (Phi) is 2.11. The molecule has 1 aromatic heterocycles. The second-order valence-corrected chi connectivity index (χ2v) is 3.96. The lowest BCUT2D eigenvalue weighted by molar-refractivity contribution is 0.0869. The Morgan fingerprint density at radius 2 is 2.50 bits per heavy atom. The van der Waals surface area contributed by atoms with Crippen LogP contribution in [-0.2, 0) is 7.05 Å². The first kappa shape index (κ1) is 9.33. The Labute approximate surface area is 82.5 Å². The molecule has 1 unspecified atom stereocenters. The molecule has 0 spiro atoms. The van der Waals surface area contributed by atoms with Gasteiger partial charge in [-0.3, -0.25) is 4.79 Å². The van der Waals surface area contributed by atoms with Crippen LogP contribution in [0.25, 0.3) is 0 Å². The van der Waals surface area contributed by atoms with E-state index in [1.807, 2.05) is 6.92 Å². The number of Topliss-reactive ketones (excluding diaryl/α,β-unsaturated/α-hetero) is 1. The highest BCUT2D eigenvalue weighted by molar-refractivity contribution is 6.00. The van der Waals surface area contributed by atoms with Gasteiger partial charge in [-0.25, -0.2) is 0 Å². The van der Waals surface area contributed by atoms with E-state index in [0.717, 1.165) is 19.4 Å². The molecule has 1 fully saturated rings. The van der Waals surface area contributed by atoms with Crippen LogP contribution in [0.3, 0.4) is 0 Å². The van der Waals surface area contributed by atoms with Crippen LogP contribution < -0.4 is 5.32 Å². The summed E-state index contributed by atoms with van der Waals surface area (Å²) in [4.78, 5) is 12.1. The monoisotopic (exact) mass is 194 g/mol. The van der Waals surface area contributed by atoms with Gasteiger partial charge < -0.3 is 9.88 Å². The lowest BCUT2D eigenvalue weighted by Gasteiger charge is -2.21. The molecule has 0 amide bonds. The zero-order valence-electron chi connectivity index (χ0n) is 8.45. The molecule has 0 bridgehead atoms. The Morgan fingerprint density at radius 3 is 3.00 bits per heavy atom. The molecule has 0 aliphatic carbocycles. The van der Waals surface area contributed by atoms with Crippen LogP contribution in [0.1, 0.15) is 30.4 Å². The number of carbonyl (C=O) groups excluding carboxylic acids is 1. The third-order valence-electron chi connectivity index (χ3n) is 2.78. The van der Waals surface area contributed by atoms with Crippen LogP contribution in [0, 0.1) is 0 Å². The van der Waals surface area contributed by atoms with Crippen LogP contribution in [0.5, 0.6) is 0 Å². The molecule has 1 aromatic rings. The number of aryl methyl sites for hydroxylation is 1. The lowest BCUT2D eigenvalue weighted by Crippen LogP contribution is -2.45. The molecule has 1 aliphatic heterocycles. The fourth-order valence-electron chi connectivity index (χ4n) is 1.82. The highest BCUT2D eigenvalue weighted by atomic mass is 16.1. The highest BCUT2D eigenvalue weighted by Gasteiger charge is 2.38. The molecule has 1 atom stereocenters. The Morgan fingerprint density at radius 1 is 1.71 bits per heavy atom. The largest absolute Gasteiger partial charge is 0.314 e. The van der Waals surface area contributed by atoms with E-state index in [-0.39, 0.29) is 5.78 Å². The van der Waals surface area contributed by atoms with Crippen molar-refractivity contribution in [1.29, 1.82) is 0 Å². The van der Waals surface area contributed by atoms with Crippen LogP contribution in [-0.4, -0.2) is 32.6 Å². The Balaban J connectivity index is 2.28. The molecule has 1 saturated heterocycles. The number of aromatic nitrogens is 3. The van der Waals surface area contributed by atoms with Gasteiger partial charge in [0.2, 0.25) is 11.6 Å². The SMILES string of the molecule is Cn1cnnc1C(=O)C1(C)CCCN1. The van der Waals surface area contributed by atoms with Crippen molar-refractivity contribution >= 4 is 5.78 Å². The predicted molar refractivity (Wildman–Crippen MR) is 51.0 cm³/mol. The fraction of sp³-hybridized carbons (Fsp3) is 0.667. The van der Waals surface area contributed by atoms with Gasteiger partial charge in [0.05, 0.1) is 5.54 Å². The number of rotatable bonds is 2. The van der Waals surface area contributed by atoms with Gasteiger partial charge in [0.15, 0.2) is 0 Å². The molecule has 1 N–H and O–H groups in total. The summed E-state index contributed by atoms with van der Waals surface area (Å²) in [6.45, 7) is 2.83. The molecular weight excluding hydrogens is 180 g/mol. The van der Waals surface area contributed by atoms with Crippen LogP contribution >= 0.6 is 0 Å². The van der Waals surface area contributed by atoms with E-state index in [4.69, 9.17) is 0 Å². The van der Waals surface area contributed by atoms with Crippen molar-refractivity contribution < 1.29 is 4.79 Å². The summed E-state index contributed by atoms with van der Waals surface area (Å²) in [5.74, 6) is 0.469. The highest BCUT2D eigenvalue weighted by Crippen LogP contribution is 2.22. The number of hydrogen-bond donors (Lipinski definition) is 1. The van der Waals surface area contributed by atoms with Gasteiger partial charge in [-0.2, -0.15) is 0 Å². The van der Waals surface area contributed by atoms with E-state index < -0.39 is 5.54 Å². The second kappa shape index (κ2) is 3.16. The van der Waals surface area contributed by atoms with E-state index in [0.29, 0.717) is 5.82 Å². The first-order chi connectivity index (χ1) is 6.63. The van der Waals surface area contributed by atoms with Crippen molar-refractivity contribution in [1.82, 2.24) is 20.1 Å². The first-order valence-electron chi connectivity index (χ1n) is 4.77. The van der Waals surface area contributed by atoms with Crippen LogP contribution in [0.4, 0.5) is 0 Å². The molecule has 2 heterocycles. The number of nitrogens with zero attached hydrogens (tertiary/aromatic N) is 3. The maximum atomic E-state index is 12.1. The van der Waals surface area contributed by atoms with E-state index >= 15 is 0 Å². The summed E-state index contributed by atoms with van der Waals surface area (Å²) < 4.78 is 1.66. The molecule has 0 aromatic carbocycles. The maximum Gasteiger partial charge on any atom is 0.219 e. The summed E-state index contributed by atoms with van der Waals surface area (Å²) in [6, 6.07) is 0. The van der Waals surface area contributed by atoms with Crippen molar-refractivity contribution in [2.45, 2.75) is 25.3 Å². The average Bonchev–Trinajstić information content (AvgIpc) is 2.74. The topological polar surface area (TPSA) is 59.8 Å². The smallest absolute Gasteiger partial charge is 0.219 e. The molecular formula is C9H14N4O. The van der Waals surface area contributed by atoms with E-state index in [1.54, 1.807) is 17.9 Å². The summed E-state index contributed by atoms with van der Waals surface area (Å²) in [5.41, 5.74) is -0.444. The summed E-state index contributed by atoms with van der Waals surface area (Å²) in [6.07, 6.45) is 3.46. The first-order valence-corrected chi connectivity index (χ1v) is 4.77. The van der Waals surface area contributed by atoms with E-state index in [9.17, 15) is 4.79 Å². The van der Waals surface area contributed by atoms with Gasteiger partial charge in [0.1, 0.15) is 6.33 Å². The number of ketones is 1. The van der Waals surface area contributed by atoms with Crippen molar-refractivity contribution in [3.05, 3.63) is 12.2 Å². The summed E-state index contributed by atoms with van der Waals surface area (Å²) in [5, 5.41) is 10.8. The molecule has 2 rings (SSSR count). The van der Waals surface area contributed by atoms with Gasteiger partial charge in [0.25, 0.3) is 0 Å². The molecule has 76 valence electrons. The van der Waals surface area contributed by atoms with Crippen LogP contribution in [0.2, 0.25) is 0 Å². The third kappa shape index (κ3) is 1.33. The predicted octanol–water partition coefficient (Wildman–Crippen LogP) is 0.140. The van der Waals surface area contributed by atoms with Gasteiger partial charge in [-0.05, 0) is 26.3 Å². The van der Waals surface area contributed by atoms with Crippen molar-refractivity contribution in [3.63, 3.8) is 0 Å². The molecule has 1 aliphatic rings. The Hall–Kier alpha value is -1.23. The van der Waals surface area contributed by atoms with Crippen molar-refractivity contribution in [2.24, 2.45) is 7.05 Å². The second-order valence-electron chi connectivity index (χ2n) is 3.96. The van der Waals surface area contributed by atoms with Crippen molar-refractivity contribution in [2.75, 3.05) is 6.54 Å². The standard InChI is InChI=1S/C9H14N4O/c1-9(4-3-5-10-9)7(14)8-12-11-6-13(8)2/h6,10H,3-5H2,1-2H3. The third-order valence-corrected chi connectivity index (χ3v) is 2.78. The number of nitrogens with one attached hydrogen (secondary N) is 1. The van der Waals surface area contributed by atoms with Gasteiger partial charge >= 0.3 is 0 Å². The van der Waals surface area contributed by atoms with Crippen molar-refractivity contribution in [3.8, 4) is 0 Å². The average molecular weight is 194 g/mol. The molecule has 0 radical (unpaired) electrons. The summed E-state index contributed by atoms with van der Waals surface area (Å²) >= 11 is 0.